The van der Waals surface area contributed by atoms with Crippen LogP contribution in [0.1, 0.15) is 38.3 Å². The molecule has 4 rings (SSSR count). The van der Waals surface area contributed by atoms with Gasteiger partial charge >= 0.3 is 6.03 Å². The van der Waals surface area contributed by atoms with E-state index in [2.05, 4.69) is 11.4 Å². The number of hydrogen-bond acceptors (Lipinski definition) is 4. The standard InChI is InChI=1S/C22H23N3O4/c1-29-12-4-10-25-20(26)18-8-7-17(13-19(18)21(25)27)23-22(28)24-11-9-15-5-2-3-6-16(15)14-24/h2-3,5-8,13H,4,9-12,14H2,1H3,(H,23,28). The summed E-state index contributed by atoms with van der Waals surface area (Å²) in [5.74, 6) is -0.629. The van der Waals surface area contributed by atoms with E-state index in [9.17, 15) is 14.4 Å². The third-order valence-electron chi connectivity index (χ3n) is 5.37. The van der Waals surface area contributed by atoms with E-state index in [4.69, 9.17) is 4.74 Å². The summed E-state index contributed by atoms with van der Waals surface area (Å²) in [5, 5.41) is 2.86. The van der Waals surface area contributed by atoms with Crippen molar-refractivity contribution >= 4 is 23.5 Å². The molecule has 0 fully saturated rings. The van der Waals surface area contributed by atoms with E-state index in [1.165, 1.54) is 10.5 Å². The number of hydrogen-bond donors (Lipinski definition) is 1. The Morgan fingerprint density at radius 3 is 2.62 bits per heavy atom. The molecule has 1 N–H and O–H groups in total. The molecule has 0 bridgehead atoms. The third kappa shape index (κ3) is 3.73. The number of imide groups is 1. The molecule has 0 unspecified atom stereocenters. The number of carbonyl (C=O) groups is 3. The van der Waals surface area contributed by atoms with Crippen molar-refractivity contribution in [3.63, 3.8) is 0 Å². The van der Waals surface area contributed by atoms with Gasteiger partial charge < -0.3 is 15.0 Å². The molecule has 7 nitrogen and oxygen atoms in total. The van der Waals surface area contributed by atoms with Crippen molar-refractivity contribution in [1.29, 1.82) is 0 Å². The van der Waals surface area contributed by atoms with Gasteiger partial charge in [-0.05, 0) is 42.2 Å². The molecule has 2 aromatic rings. The average molecular weight is 393 g/mol. The smallest absolute Gasteiger partial charge is 0.322 e. The van der Waals surface area contributed by atoms with Crippen LogP contribution in [0.3, 0.4) is 0 Å². The largest absolute Gasteiger partial charge is 0.385 e. The van der Waals surface area contributed by atoms with Gasteiger partial charge in [-0.25, -0.2) is 4.79 Å². The van der Waals surface area contributed by atoms with Crippen LogP contribution in [0.25, 0.3) is 0 Å². The van der Waals surface area contributed by atoms with Crippen molar-refractivity contribution in [2.45, 2.75) is 19.4 Å². The monoisotopic (exact) mass is 393 g/mol. The molecule has 0 aromatic heterocycles. The molecule has 7 heteroatoms. The highest BCUT2D eigenvalue weighted by atomic mass is 16.5. The fraction of sp³-hybridized carbons (Fsp3) is 0.318. The van der Waals surface area contributed by atoms with Gasteiger partial charge in [-0.15, -0.1) is 0 Å². The zero-order chi connectivity index (χ0) is 20.4. The van der Waals surface area contributed by atoms with E-state index in [1.54, 1.807) is 30.2 Å². The van der Waals surface area contributed by atoms with Gasteiger partial charge in [0, 0.05) is 39.0 Å². The lowest BCUT2D eigenvalue weighted by Gasteiger charge is -2.29. The zero-order valence-electron chi connectivity index (χ0n) is 16.3. The molecular formula is C22H23N3O4. The van der Waals surface area contributed by atoms with Crippen LogP contribution in [0, 0.1) is 0 Å². The van der Waals surface area contributed by atoms with Gasteiger partial charge in [0.2, 0.25) is 0 Å². The van der Waals surface area contributed by atoms with E-state index in [1.807, 2.05) is 18.2 Å². The fourth-order valence-corrected chi connectivity index (χ4v) is 3.81. The minimum absolute atomic E-state index is 0.215. The molecule has 4 amide bonds. The third-order valence-corrected chi connectivity index (χ3v) is 5.37. The Bertz CT molecular complexity index is 972. The molecular weight excluding hydrogens is 370 g/mol. The lowest BCUT2D eigenvalue weighted by Crippen LogP contribution is -2.38. The van der Waals surface area contributed by atoms with Crippen LogP contribution in [0.4, 0.5) is 10.5 Å². The number of rotatable bonds is 5. The second kappa shape index (κ2) is 8.05. The number of benzene rings is 2. The Hall–Kier alpha value is -3.19. The fourth-order valence-electron chi connectivity index (χ4n) is 3.81. The first-order valence-electron chi connectivity index (χ1n) is 9.70. The van der Waals surface area contributed by atoms with E-state index in [0.717, 1.165) is 12.0 Å². The molecule has 0 radical (unpaired) electrons. The summed E-state index contributed by atoms with van der Waals surface area (Å²) in [5.41, 5.74) is 3.63. The Morgan fingerprint density at radius 2 is 1.83 bits per heavy atom. The molecule has 150 valence electrons. The Kier molecular flexibility index (Phi) is 5.31. The van der Waals surface area contributed by atoms with Crippen LogP contribution in [0.15, 0.2) is 42.5 Å². The number of methoxy groups -OCH3 is 1. The first-order chi connectivity index (χ1) is 14.1. The van der Waals surface area contributed by atoms with Crippen LogP contribution < -0.4 is 5.32 Å². The number of ether oxygens (including phenoxy) is 1. The first kappa shape index (κ1) is 19.1. The highest BCUT2D eigenvalue weighted by Gasteiger charge is 2.35. The van der Waals surface area contributed by atoms with Gasteiger partial charge in [0.1, 0.15) is 0 Å². The molecule has 0 saturated heterocycles. The number of nitrogens with one attached hydrogen (secondary N) is 1. The number of anilines is 1. The van der Waals surface area contributed by atoms with Crippen LogP contribution in [-0.4, -0.2) is 54.5 Å². The minimum atomic E-state index is -0.330. The SMILES string of the molecule is COCCCN1C(=O)c2ccc(NC(=O)N3CCc4ccccc4C3)cc2C1=O. The van der Waals surface area contributed by atoms with Crippen LogP contribution in [0.5, 0.6) is 0 Å². The molecule has 2 aliphatic heterocycles. The topological polar surface area (TPSA) is 79.0 Å². The van der Waals surface area contributed by atoms with E-state index < -0.39 is 0 Å². The normalized spacial score (nSPS) is 15.3. The van der Waals surface area contributed by atoms with E-state index >= 15 is 0 Å². The van der Waals surface area contributed by atoms with Gasteiger partial charge in [-0.2, -0.15) is 0 Å². The average Bonchev–Trinajstić information content (AvgIpc) is 2.98. The van der Waals surface area contributed by atoms with Gasteiger partial charge in [0.05, 0.1) is 11.1 Å². The zero-order valence-corrected chi connectivity index (χ0v) is 16.3. The molecule has 0 aliphatic carbocycles. The minimum Gasteiger partial charge on any atom is -0.385 e. The van der Waals surface area contributed by atoms with E-state index in [-0.39, 0.29) is 17.8 Å². The van der Waals surface area contributed by atoms with E-state index in [0.29, 0.717) is 49.5 Å². The first-order valence-corrected chi connectivity index (χ1v) is 9.70. The summed E-state index contributed by atoms with van der Waals surface area (Å²) in [6.45, 7) is 1.98. The van der Waals surface area contributed by atoms with Gasteiger partial charge in [-0.1, -0.05) is 24.3 Å². The molecule has 0 saturated carbocycles. The summed E-state index contributed by atoms with van der Waals surface area (Å²) in [7, 11) is 1.58. The second-order valence-electron chi connectivity index (χ2n) is 7.24. The number of amides is 4. The second-order valence-corrected chi connectivity index (χ2v) is 7.24. The lowest BCUT2D eigenvalue weighted by atomic mass is 10.0. The number of nitrogens with zero attached hydrogens (tertiary/aromatic N) is 2. The maximum Gasteiger partial charge on any atom is 0.322 e. The van der Waals surface area contributed by atoms with Gasteiger partial charge in [0.25, 0.3) is 11.8 Å². The number of urea groups is 1. The Morgan fingerprint density at radius 1 is 1.07 bits per heavy atom. The van der Waals surface area contributed by atoms with Crippen molar-refractivity contribution in [2.24, 2.45) is 0 Å². The van der Waals surface area contributed by atoms with Crippen molar-refractivity contribution in [3.05, 3.63) is 64.7 Å². The Labute approximate surface area is 169 Å². The summed E-state index contributed by atoms with van der Waals surface area (Å²) in [6, 6.07) is 12.7. The summed E-state index contributed by atoms with van der Waals surface area (Å²) >= 11 is 0. The summed E-state index contributed by atoms with van der Waals surface area (Å²) < 4.78 is 4.99. The highest BCUT2D eigenvalue weighted by molar-refractivity contribution is 6.21. The molecule has 2 aromatic carbocycles. The maximum atomic E-state index is 12.7. The van der Waals surface area contributed by atoms with Gasteiger partial charge in [-0.3, -0.25) is 14.5 Å². The molecule has 0 spiro atoms. The van der Waals surface area contributed by atoms with Crippen molar-refractivity contribution in [3.8, 4) is 0 Å². The quantitative estimate of drug-likeness (QED) is 0.626. The Balaban J connectivity index is 1.45. The van der Waals surface area contributed by atoms with Crippen molar-refractivity contribution < 1.29 is 19.1 Å². The van der Waals surface area contributed by atoms with Crippen LogP contribution in [0.2, 0.25) is 0 Å². The lowest BCUT2D eigenvalue weighted by molar-refractivity contribution is 0.0638. The number of fused-ring (bicyclic) bond motifs is 2. The number of carbonyl (C=O) groups excluding carboxylic acids is 3. The molecule has 2 aliphatic rings. The molecule has 29 heavy (non-hydrogen) atoms. The predicted molar refractivity (Wildman–Crippen MR) is 108 cm³/mol. The van der Waals surface area contributed by atoms with Crippen molar-refractivity contribution in [2.75, 3.05) is 32.1 Å². The maximum absolute atomic E-state index is 12.7. The molecule has 2 heterocycles. The molecule has 0 atom stereocenters. The van der Waals surface area contributed by atoms with Gasteiger partial charge in [0.15, 0.2) is 0 Å². The van der Waals surface area contributed by atoms with Crippen LogP contribution in [-0.2, 0) is 17.7 Å². The highest BCUT2D eigenvalue weighted by Crippen LogP contribution is 2.27. The van der Waals surface area contributed by atoms with Crippen molar-refractivity contribution in [1.82, 2.24) is 9.80 Å². The summed E-state index contributed by atoms with van der Waals surface area (Å²) in [6.07, 6.45) is 1.40. The predicted octanol–water partition coefficient (Wildman–Crippen LogP) is 2.91. The summed E-state index contributed by atoms with van der Waals surface area (Å²) in [4.78, 5) is 40.8. The van der Waals surface area contributed by atoms with Crippen LogP contribution >= 0.6 is 0 Å².